The standard InChI is InChI=1S/C12H13FN2O3S/c1-8-4-9(13)6-10(5-8)15-19(16,17)12-3-2-11(7-14)18-12/h2-6,15H,7,14H2,1H3. The summed E-state index contributed by atoms with van der Waals surface area (Å²) < 4.78 is 44.5. The van der Waals surface area contributed by atoms with Crippen LogP contribution in [0.3, 0.4) is 0 Å². The molecule has 0 amide bonds. The summed E-state index contributed by atoms with van der Waals surface area (Å²) in [5.41, 5.74) is 6.09. The lowest BCUT2D eigenvalue weighted by molar-refractivity contribution is 0.417. The van der Waals surface area contributed by atoms with E-state index in [9.17, 15) is 12.8 Å². The third-order valence-electron chi connectivity index (χ3n) is 2.40. The smallest absolute Gasteiger partial charge is 0.295 e. The summed E-state index contributed by atoms with van der Waals surface area (Å²) in [6.07, 6.45) is 0. The topological polar surface area (TPSA) is 85.3 Å². The van der Waals surface area contributed by atoms with E-state index in [2.05, 4.69) is 4.72 Å². The average molecular weight is 284 g/mol. The fraction of sp³-hybridized carbons (Fsp3) is 0.167. The van der Waals surface area contributed by atoms with E-state index in [-0.39, 0.29) is 17.3 Å². The van der Waals surface area contributed by atoms with E-state index in [4.69, 9.17) is 10.2 Å². The fourth-order valence-corrected chi connectivity index (χ4v) is 2.61. The second-order valence-electron chi connectivity index (χ2n) is 4.05. The molecule has 0 spiro atoms. The molecule has 0 aliphatic carbocycles. The molecule has 2 rings (SSSR count). The molecule has 1 heterocycles. The molecule has 0 atom stereocenters. The predicted octanol–water partition coefficient (Wildman–Crippen LogP) is 1.99. The van der Waals surface area contributed by atoms with Gasteiger partial charge >= 0.3 is 0 Å². The molecule has 7 heteroatoms. The third kappa shape index (κ3) is 3.12. The molecule has 1 aromatic carbocycles. The number of aryl methyl sites for hydroxylation is 1. The van der Waals surface area contributed by atoms with Crippen molar-refractivity contribution in [2.24, 2.45) is 5.73 Å². The number of nitrogens with one attached hydrogen (secondary N) is 1. The SMILES string of the molecule is Cc1cc(F)cc(NS(=O)(=O)c2ccc(CN)o2)c1. The van der Waals surface area contributed by atoms with Gasteiger partial charge < -0.3 is 10.2 Å². The largest absolute Gasteiger partial charge is 0.446 e. The molecule has 0 aliphatic heterocycles. The van der Waals surface area contributed by atoms with Crippen LogP contribution < -0.4 is 10.5 Å². The summed E-state index contributed by atoms with van der Waals surface area (Å²) in [4.78, 5) is 0. The number of nitrogens with two attached hydrogens (primary N) is 1. The minimum Gasteiger partial charge on any atom is -0.446 e. The second-order valence-corrected chi connectivity index (χ2v) is 5.66. The lowest BCUT2D eigenvalue weighted by Crippen LogP contribution is -2.12. The number of hydrogen-bond acceptors (Lipinski definition) is 4. The van der Waals surface area contributed by atoms with Crippen LogP contribution in [0.5, 0.6) is 0 Å². The zero-order chi connectivity index (χ0) is 14.0. The van der Waals surface area contributed by atoms with Crippen molar-refractivity contribution < 1.29 is 17.2 Å². The van der Waals surface area contributed by atoms with Gasteiger partial charge in [0.1, 0.15) is 11.6 Å². The van der Waals surface area contributed by atoms with Crippen molar-refractivity contribution in [3.05, 3.63) is 47.5 Å². The number of hydrogen-bond donors (Lipinski definition) is 2. The van der Waals surface area contributed by atoms with Gasteiger partial charge in [-0.2, -0.15) is 8.42 Å². The molecular weight excluding hydrogens is 271 g/mol. The van der Waals surface area contributed by atoms with Crippen molar-refractivity contribution >= 4 is 15.7 Å². The van der Waals surface area contributed by atoms with Crippen molar-refractivity contribution in [2.45, 2.75) is 18.6 Å². The summed E-state index contributed by atoms with van der Waals surface area (Å²) in [5, 5.41) is -0.255. The van der Waals surface area contributed by atoms with Gasteiger partial charge in [0.15, 0.2) is 0 Å². The third-order valence-corrected chi connectivity index (χ3v) is 3.65. The second kappa shape index (κ2) is 5.02. The van der Waals surface area contributed by atoms with Crippen molar-refractivity contribution in [1.82, 2.24) is 0 Å². The van der Waals surface area contributed by atoms with E-state index in [1.54, 1.807) is 6.92 Å². The Hall–Kier alpha value is -1.86. The Balaban J connectivity index is 2.30. The molecule has 19 heavy (non-hydrogen) atoms. The molecule has 3 N–H and O–H groups in total. The van der Waals surface area contributed by atoms with E-state index >= 15 is 0 Å². The summed E-state index contributed by atoms with van der Waals surface area (Å²) in [7, 11) is -3.87. The van der Waals surface area contributed by atoms with Gasteiger partial charge in [0.25, 0.3) is 10.0 Å². The zero-order valence-electron chi connectivity index (χ0n) is 10.2. The summed E-state index contributed by atoms with van der Waals surface area (Å²) in [5.74, 6) is -0.157. The van der Waals surface area contributed by atoms with E-state index in [0.29, 0.717) is 11.3 Å². The van der Waals surface area contributed by atoms with E-state index in [1.807, 2.05) is 0 Å². The van der Waals surface area contributed by atoms with Crippen LogP contribution in [0, 0.1) is 12.7 Å². The maximum atomic E-state index is 13.2. The summed E-state index contributed by atoms with van der Waals surface area (Å²) in [6, 6.07) is 6.70. The Morgan fingerprint density at radius 3 is 2.63 bits per heavy atom. The van der Waals surface area contributed by atoms with Crippen molar-refractivity contribution in [1.29, 1.82) is 0 Å². The number of benzene rings is 1. The van der Waals surface area contributed by atoms with Gasteiger partial charge in [0.2, 0.25) is 5.09 Å². The Kier molecular flexibility index (Phi) is 3.59. The molecule has 102 valence electrons. The highest BCUT2D eigenvalue weighted by atomic mass is 32.2. The van der Waals surface area contributed by atoms with Gasteiger partial charge in [-0.05, 0) is 42.8 Å². The molecular formula is C12H13FN2O3S. The molecule has 0 saturated heterocycles. The van der Waals surface area contributed by atoms with E-state index in [0.717, 1.165) is 6.07 Å². The van der Waals surface area contributed by atoms with Crippen molar-refractivity contribution in [3.8, 4) is 0 Å². The molecule has 0 aliphatic rings. The van der Waals surface area contributed by atoms with Crippen molar-refractivity contribution in [2.75, 3.05) is 4.72 Å². The number of anilines is 1. The van der Waals surface area contributed by atoms with Crippen LogP contribution in [0.2, 0.25) is 0 Å². The minimum atomic E-state index is -3.87. The van der Waals surface area contributed by atoms with E-state index < -0.39 is 15.8 Å². The Bertz CT molecular complexity index is 675. The van der Waals surface area contributed by atoms with Gasteiger partial charge in [0.05, 0.1) is 12.2 Å². The number of furan rings is 1. The Labute approximate surface area is 110 Å². The van der Waals surface area contributed by atoms with Gasteiger partial charge in [-0.25, -0.2) is 4.39 Å². The lowest BCUT2D eigenvalue weighted by Gasteiger charge is -2.06. The van der Waals surface area contributed by atoms with Gasteiger partial charge in [-0.1, -0.05) is 0 Å². The lowest BCUT2D eigenvalue weighted by atomic mass is 10.2. The van der Waals surface area contributed by atoms with Crippen molar-refractivity contribution in [3.63, 3.8) is 0 Å². The Morgan fingerprint density at radius 2 is 2.05 bits per heavy atom. The molecule has 0 fully saturated rings. The number of halogens is 1. The normalized spacial score (nSPS) is 11.5. The van der Waals surface area contributed by atoms with Crippen LogP contribution in [-0.4, -0.2) is 8.42 Å². The summed E-state index contributed by atoms with van der Waals surface area (Å²) >= 11 is 0. The van der Waals surface area contributed by atoms with Gasteiger partial charge in [0, 0.05) is 0 Å². The first-order chi connectivity index (χ1) is 8.90. The highest BCUT2D eigenvalue weighted by Gasteiger charge is 2.19. The monoisotopic (exact) mass is 284 g/mol. The van der Waals surface area contributed by atoms with Crippen LogP contribution in [0.1, 0.15) is 11.3 Å². The molecule has 1 aromatic heterocycles. The van der Waals surface area contributed by atoms with Crippen LogP contribution in [0.4, 0.5) is 10.1 Å². The first-order valence-corrected chi connectivity index (χ1v) is 6.98. The molecule has 0 unspecified atom stereocenters. The number of sulfonamides is 1. The average Bonchev–Trinajstić information content (AvgIpc) is 2.75. The first kappa shape index (κ1) is 13.6. The minimum absolute atomic E-state index is 0.106. The fourth-order valence-electron chi connectivity index (χ4n) is 1.61. The first-order valence-electron chi connectivity index (χ1n) is 5.49. The Morgan fingerprint density at radius 1 is 1.32 bits per heavy atom. The highest BCUT2D eigenvalue weighted by molar-refractivity contribution is 7.92. The predicted molar refractivity (Wildman–Crippen MR) is 68.5 cm³/mol. The number of rotatable bonds is 4. The van der Waals surface area contributed by atoms with Crippen LogP contribution in [0.25, 0.3) is 0 Å². The van der Waals surface area contributed by atoms with Crippen LogP contribution in [-0.2, 0) is 16.6 Å². The maximum absolute atomic E-state index is 13.2. The zero-order valence-corrected chi connectivity index (χ0v) is 11.0. The maximum Gasteiger partial charge on any atom is 0.295 e. The highest BCUT2D eigenvalue weighted by Crippen LogP contribution is 2.20. The molecule has 2 aromatic rings. The van der Waals surface area contributed by atoms with E-state index in [1.165, 1.54) is 24.3 Å². The molecule has 0 bridgehead atoms. The quantitative estimate of drug-likeness (QED) is 0.899. The van der Waals surface area contributed by atoms with Crippen LogP contribution >= 0.6 is 0 Å². The summed E-state index contributed by atoms with van der Waals surface area (Å²) in [6.45, 7) is 1.77. The molecule has 0 saturated carbocycles. The molecule has 0 radical (unpaired) electrons. The van der Waals surface area contributed by atoms with Crippen LogP contribution in [0.15, 0.2) is 39.8 Å². The van der Waals surface area contributed by atoms with Gasteiger partial charge in [-0.3, -0.25) is 4.72 Å². The van der Waals surface area contributed by atoms with Gasteiger partial charge in [-0.15, -0.1) is 0 Å². The molecule has 5 nitrogen and oxygen atoms in total.